The van der Waals surface area contributed by atoms with E-state index in [1.54, 1.807) is 0 Å². The van der Waals surface area contributed by atoms with E-state index in [0.29, 0.717) is 0 Å². The molecule has 3 heteroatoms. The van der Waals surface area contributed by atoms with Crippen molar-refractivity contribution < 1.29 is 4.74 Å². The van der Waals surface area contributed by atoms with Gasteiger partial charge in [0.05, 0.1) is 6.10 Å². The Kier molecular flexibility index (Phi) is 3.94. The van der Waals surface area contributed by atoms with Gasteiger partial charge in [-0.1, -0.05) is 24.3 Å². The van der Waals surface area contributed by atoms with Gasteiger partial charge in [-0.25, -0.2) is 4.98 Å². The Labute approximate surface area is 102 Å². The van der Waals surface area contributed by atoms with Gasteiger partial charge in [0.15, 0.2) is 0 Å². The summed E-state index contributed by atoms with van der Waals surface area (Å²) < 4.78 is 5.49. The largest absolute Gasteiger partial charge is 0.377 e. The van der Waals surface area contributed by atoms with Gasteiger partial charge in [0.1, 0.15) is 5.82 Å². The van der Waals surface area contributed by atoms with Crippen molar-refractivity contribution in [1.29, 1.82) is 0 Å². The van der Waals surface area contributed by atoms with E-state index in [2.05, 4.69) is 29.4 Å². The second-order valence-corrected chi connectivity index (χ2v) is 4.03. The number of benzene rings is 1. The van der Waals surface area contributed by atoms with E-state index in [-0.39, 0.29) is 6.10 Å². The van der Waals surface area contributed by atoms with Gasteiger partial charge in [0.2, 0.25) is 0 Å². The summed E-state index contributed by atoms with van der Waals surface area (Å²) in [6.45, 7) is 5.58. The average Bonchev–Trinajstić information content (AvgIpc) is 2.36. The maximum atomic E-state index is 5.49. The zero-order valence-electron chi connectivity index (χ0n) is 10.3. The summed E-state index contributed by atoms with van der Waals surface area (Å²) in [4.78, 5) is 4.37. The number of nitrogens with one attached hydrogen (secondary N) is 1. The molecule has 0 saturated carbocycles. The Bertz CT molecular complexity index is 479. The molecule has 2 aromatic rings. The summed E-state index contributed by atoms with van der Waals surface area (Å²) in [5, 5.41) is 5.69. The molecule has 1 unspecified atom stereocenters. The number of fused-ring (bicyclic) bond motifs is 1. The molecular formula is C14H18N2O. The Morgan fingerprint density at radius 1 is 1.29 bits per heavy atom. The number of ether oxygens (including phenoxy) is 1. The van der Waals surface area contributed by atoms with Crippen molar-refractivity contribution >= 4 is 16.6 Å². The normalized spacial score (nSPS) is 12.6. The molecule has 1 aromatic heterocycles. The predicted octanol–water partition coefficient (Wildman–Crippen LogP) is 3.07. The minimum Gasteiger partial charge on any atom is -0.377 e. The zero-order chi connectivity index (χ0) is 12.1. The van der Waals surface area contributed by atoms with Crippen LogP contribution in [0, 0.1) is 0 Å². The Morgan fingerprint density at radius 2 is 2.12 bits per heavy atom. The summed E-state index contributed by atoms with van der Waals surface area (Å²) in [6, 6.07) is 10.3. The number of rotatable bonds is 5. The van der Waals surface area contributed by atoms with Gasteiger partial charge in [-0.15, -0.1) is 0 Å². The molecule has 0 fully saturated rings. The van der Waals surface area contributed by atoms with E-state index in [1.165, 1.54) is 5.39 Å². The molecule has 1 heterocycles. The maximum absolute atomic E-state index is 5.49. The third-order valence-corrected chi connectivity index (χ3v) is 2.68. The van der Waals surface area contributed by atoms with E-state index >= 15 is 0 Å². The molecule has 17 heavy (non-hydrogen) atoms. The summed E-state index contributed by atoms with van der Waals surface area (Å²) in [6.07, 6.45) is 2.02. The molecule has 0 spiro atoms. The standard InChI is InChI=1S/C14H18N2O/c1-3-17-11(2)10-16-14-13-7-5-4-6-12(13)8-9-15-14/h4-9,11H,3,10H2,1-2H3,(H,15,16). The van der Waals surface area contributed by atoms with Crippen LogP contribution < -0.4 is 5.32 Å². The van der Waals surface area contributed by atoms with Crippen LogP contribution in [0.25, 0.3) is 10.8 Å². The number of nitrogens with zero attached hydrogens (tertiary/aromatic N) is 1. The van der Waals surface area contributed by atoms with Gasteiger partial charge in [-0.05, 0) is 25.3 Å². The van der Waals surface area contributed by atoms with Gasteiger partial charge in [-0.3, -0.25) is 0 Å². The highest BCUT2D eigenvalue weighted by atomic mass is 16.5. The van der Waals surface area contributed by atoms with Crippen molar-refractivity contribution in [2.24, 2.45) is 0 Å². The lowest BCUT2D eigenvalue weighted by Crippen LogP contribution is -2.20. The second kappa shape index (κ2) is 5.64. The molecule has 3 nitrogen and oxygen atoms in total. The smallest absolute Gasteiger partial charge is 0.133 e. The highest BCUT2D eigenvalue weighted by Gasteiger charge is 2.04. The molecule has 0 aliphatic carbocycles. The first-order chi connectivity index (χ1) is 8.31. The van der Waals surface area contributed by atoms with Crippen LogP contribution in [0.4, 0.5) is 5.82 Å². The number of hydrogen-bond acceptors (Lipinski definition) is 3. The topological polar surface area (TPSA) is 34.1 Å². The lowest BCUT2D eigenvalue weighted by Gasteiger charge is -2.14. The predicted molar refractivity (Wildman–Crippen MR) is 71.3 cm³/mol. The molecular weight excluding hydrogens is 212 g/mol. The monoisotopic (exact) mass is 230 g/mol. The van der Waals surface area contributed by atoms with Crippen LogP contribution in [-0.2, 0) is 4.74 Å². The summed E-state index contributed by atoms with van der Waals surface area (Å²) in [5.74, 6) is 0.926. The van der Waals surface area contributed by atoms with Crippen LogP contribution in [0.15, 0.2) is 36.5 Å². The molecule has 0 bridgehead atoms. The summed E-state index contributed by atoms with van der Waals surface area (Å²) >= 11 is 0. The average molecular weight is 230 g/mol. The lowest BCUT2D eigenvalue weighted by molar-refractivity contribution is 0.0855. The molecule has 0 amide bonds. The van der Waals surface area contributed by atoms with Gasteiger partial charge >= 0.3 is 0 Å². The van der Waals surface area contributed by atoms with Crippen LogP contribution in [0.3, 0.4) is 0 Å². The first kappa shape index (κ1) is 11.9. The molecule has 0 saturated heterocycles. The third-order valence-electron chi connectivity index (χ3n) is 2.68. The summed E-state index contributed by atoms with van der Waals surface area (Å²) in [5.41, 5.74) is 0. The molecule has 0 aliphatic heterocycles. The van der Waals surface area contributed by atoms with Crippen molar-refractivity contribution in [3.05, 3.63) is 36.5 Å². The van der Waals surface area contributed by atoms with E-state index in [0.717, 1.165) is 24.4 Å². The van der Waals surface area contributed by atoms with Gasteiger partial charge < -0.3 is 10.1 Å². The fourth-order valence-electron chi connectivity index (χ4n) is 1.84. The van der Waals surface area contributed by atoms with E-state index in [1.807, 2.05) is 31.3 Å². The SMILES string of the molecule is CCOC(C)CNc1nccc2ccccc12. The van der Waals surface area contributed by atoms with Crippen molar-refractivity contribution in [2.75, 3.05) is 18.5 Å². The fraction of sp³-hybridized carbons (Fsp3) is 0.357. The van der Waals surface area contributed by atoms with Crippen LogP contribution in [0.2, 0.25) is 0 Å². The molecule has 0 aliphatic rings. The van der Waals surface area contributed by atoms with Gasteiger partial charge in [0.25, 0.3) is 0 Å². The molecule has 1 atom stereocenters. The quantitative estimate of drug-likeness (QED) is 0.857. The first-order valence-electron chi connectivity index (χ1n) is 6.00. The summed E-state index contributed by atoms with van der Waals surface area (Å²) in [7, 11) is 0. The minimum atomic E-state index is 0.195. The van der Waals surface area contributed by atoms with Crippen LogP contribution in [0.1, 0.15) is 13.8 Å². The van der Waals surface area contributed by atoms with Crippen LogP contribution in [0.5, 0.6) is 0 Å². The number of aromatic nitrogens is 1. The molecule has 2 rings (SSSR count). The number of hydrogen-bond donors (Lipinski definition) is 1. The first-order valence-corrected chi connectivity index (χ1v) is 6.00. The highest BCUT2D eigenvalue weighted by Crippen LogP contribution is 2.20. The van der Waals surface area contributed by atoms with E-state index in [4.69, 9.17) is 4.74 Å². The number of anilines is 1. The molecule has 0 radical (unpaired) electrons. The molecule has 1 N–H and O–H groups in total. The second-order valence-electron chi connectivity index (χ2n) is 4.03. The Hall–Kier alpha value is -1.61. The third kappa shape index (κ3) is 2.94. The van der Waals surface area contributed by atoms with Gasteiger partial charge in [0, 0.05) is 24.7 Å². The Morgan fingerprint density at radius 3 is 2.94 bits per heavy atom. The number of pyridine rings is 1. The zero-order valence-corrected chi connectivity index (χ0v) is 10.3. The van der Waals surface area contributed by atoms with E-state index in [9.17, 15) is 0 Å². The fourth-order valence-corrected chi connectivity index (χ4v) is 1.84. The van der Waals surface area contributed by atoms with Crippen molar-refractivity contribution in [3.63, 3.8) is 0 Å². The maximum Gasteiger partial charge on any atom is 0.133 e. The van der Waals surface area contributed by atoms with Crippen LogP contribution in [-0.4, -0.2) is 24.2 Å². The Balaban J connectivity index is 2.13. The van der Waals surface area contributed by atoms with Crippen LogP contribution >= 0.6 is 0 Å². The van der Waals surface area contributed by atoms with Gasteiger partial charge in [-0.2, -0.15) is 0 Å². The highest BCUT2D eigenvalue weighted by molar-refractivity contribution is 5.91. The lowest BCUT2D eigenvalue weighted by atomic mass is 10.1. The van der Waals surface area contributed by atoms with Crippen molar-refractivity contribution in [1.82, 2.24) is 4.98 Å². The van der Waals surface area contributed by atoms with Crippen molar-refractivity contribution in [3.8, 4) is 0 Å². The molecule has 90 valence electrons. The van der Waals surface area contributed by atoms with E-state index < -0.39 is 0 Å². The minimum absolute atomic E-state index is 0.195. The molecule has 1 aromatic carbocycles. The van der Waals surface area contributed by atoms with Crippen molar-refractivity contribution in [2.45, 2.75) is 20.0 Å².